The van der Waals surface area contributed by atoms with E-state index in [0.717, 1.165) is 6.42 Å². The Hall–Kier alpha value is -1.50. The van der Waals surface area contributed by atoms with Gasteiger partial charge in [0.2, 0.25) is 0 Å². The normalized spacial score (nSPS) is 25.0. The van der Waals surface area contributed by atoms with Crippen molar-refractivity contribution < 1.29 is 19.5 Å². The summed E-state index contributed by atoms with van der Waals surface area (Å²) in [6.45, 7) is 4.12. The van der Waals surface area contributed by atoms with E-state index in [-0.39, 0.29) is 17.0 Å². The molecule has 98 valence electrons. The van der Waals surface area contributed by atoms with Gasteiger partial charge in [0.05, 0.1) is 0 Å². The lowest BCUT2D eigenvalue weighted by Gasteiger charge is -2.43. The van der Waals surface area contributed by atoms with E-state index in [0.29, 0.717) is 23.6 Å². The average molecular weight is 270 g/mol. The van der Waals surface area contributed by atoms with Crippen LogP contribution >= 0.6 is 11.8 Å². The smallest absolute Gasteiger partial charge is 0.352 e. The number of carbonyl (C=O) groups is 2. The van der Waals surface area contributed by atoms with Crippen LogP contribution in [0.1, 0.15) is 20.3 Å². The fourth-order valence-electron chi connectivity index (χ4n) is 1.82. The van der Waals surface area contributed by atoms with Gasteiger partial charge in [-0.25, -0.2) is 4.79 Å². The van der Waals surface area contributed by atoms with E-state index < -0.39 is 5.97 Å². The molecule has 6 nitrogen and oxygen atoms in total. The molecule has 0 spiro atoms. The monoisotopic (exact) mass is 270 g/mol. The highest BCUT2D eigenvalue weighted by molar-refractivity contribution is 8.01. The van der Waals surface area contributed by atoms with Crippen LogP contribution in [0.25, 0.3) is 0 Å². The predicted molar refractivity (Wildman–Crippen MR) is 67.1 cm³/mol. The van der Waals surface area contributed by atoms with E-state index in [1.54, 1.807) is 6.92 Å². The number of thioether (sulfide) groups is 1. The molecule has 1 fully saturated rings. The van der Waals surface area contributed by atoms with Crippen LogP contribution in [0.2, 0.25) is 0 Å². The third-order valence-corrected chi connectivity index (χ3v) is 4.02. The maximum absolute atomic E-state index is 11.9. The molecular formula is C11H14N2O4S. The molecule has 2 heterocycles. The van der Waals surface area contributed by atoms with Crippen LogP contribution in [0.5, 0.6) is 0 Å². The molecule has 1 amide bonds. The van der Waals surface area contributed by atoms with E-state index in [4.69, 9.17) is 9.94 Å². The van der Waals surface area contributed by atoms with Gasteiger partial charge in [0.15, 0.2) is 5.71 Å². The van der Waals surface area contributed by atoms with Crippen LogP contribution in [0.4, 0.5) is 0 Å². The summed E-state index contributed by atoms with van der Waals surface area (Å²) in [6.07, 6.45) is 0.811. The van der Waals surface area contributed by atoms with Gasteiger partial charge in [-0.2, -0.15) is 0 Å². The SMILES string of the molecule is CCCO/N=C1/C(=O)N2C(C(=O)O)=C(C)CS[C@H]12. The van der Waals surface area contributed by atoms with E-state index in [2.05, 4.69) is 5.16 Å². The van der Waals surface area contributed by atoms with Gasteiger partial charge in [0.1, 0.15) is 17.7 Å². The van der Waals surface area contributed by atoms with Crippen molar-refractivity contribution in [3.8, 4) is 0 Å². The molecule has 0 radical (unpaired) electrons. The van der Waals surface area contributed by atoms with Gasteiger partial charge in [-0.05, 0) is 18.9 Å². The average Bonchev–Trinajstić information content (AvgIpc) is 2.34. The van der Waals surface area contributed by atoms with Gasteiger partial charge < -0.3 is 9.94 Å². The molecule has 0 bridgehead atoms. The van der Waals surface area contributed by atoms with Crippen molar-refractivity contribution in [1.29, 1.82) is 0 Å². The standard InChI is InChI=1S/C11H14N2O4S/c1-3-4-17-12-7-9(14)13-8(11(15)16)6(2)5-18-10(7)13/h10H,3-5H2,1-2H3,(H,15,16)/b12-7-/t10-/m1/s1. The fourth-order valence-corrected chi connectivity index (χ4v) is 3.01. The quantitative estimate of drug-likeness (QED) is 0.469. The van der Waals surface area contributed by atoms with E-state index in [1.165, 1.54) is 16.7 Å². The molecular weight excluding hydrogens is 256 g/mol. The van der Waals surface area contributed by atoms with E-state index in [9.17, 15) is 9.59 Å². The highest BCUT2D eigenvalue weighted by Crippen LogP contribution is 2.38. The molecule has 2 aliphatic heterocycles. The summed E-state index contributed by atoms with van der Waals surface area (Å²) >= 11 is 1.49. The highest BCUT2D eigenvalue weighted by Gasteiger charge is 2.51. The summed E-state index contributed by atoms with van der Waals surface area (Å²) in [5, 5.41) is 12.6. The van der Waals surface area contributed by atoms with Gasteiger partial charge in [-0.3, -0.25) is 9.69 Å². The topological polar surface area (TPSA) is 79.2 Å². The van der Waals surface area contributed by atoms with Crippen LogP contribution < -0.4 is 0 Å². The van der Waals surface area contributed by atoms with Crippen molar-refractivity contribution in [3.63, 3.8) is 0 Å². The van der Waals surface area contributed by atoms with Crippen molar-refractivity contribution >= 4 is 29.4 Å². The summed E-state index contributed by atoms with van der Waals surface area (Å²) < 4.78 is 0. The second-order valence-corrected chi connectivity index (χ2v) is 5.15. The van der Waals surface area contributed by atoms with Crippen molar-refractivity contribution in [3.05, 3.63) is 11.3 Å². The van der Waals surface area contributed by atoms with Gasteiger partial charge in [-0.15, -0.1) is 11.8 Å². The number of carboxylic acid groups (broad SMARTS) is 1. The summed E-state index contributed by atoms with van der Waals surface area (Å²) in [6, 6.07) is 0. The molecule has 18 heavy (non-hydrogen) atoms. The van der Waals surface area contributed by atoms with Crippen LogP contribution in [0.3, 0.4) is 0 Å². The zero-order valence-electron chi connectivity index (χ0n) is 10.2. The Morgan fingerprint density at radius 3 is 3.00 bits per heavy atom. The van der Waals surface area contributed by atoms with Crippen LogP contribution in [-0.2, 0) is 14.4 Å². The second kappa shape index (κ2) is 5.01. The minimum absolute atomic E-state index is 0.0817. The number of nitrogens with zero attached hydrogens (tertiary/aromatic N) is 2. The van der Waals surface area contributed by atoms with Gasteiger partial charge in [-0.1, -0.05) is 12.1 Å². The Labute approximate surface area is 109 Å². The molecule has 1 atom stereocenters. The number of amides is 1. The van der Waals surface area contributed by atoms with Gasteiger partial charge in [0, 0.05) is 5.75 Å². The molecule has 1 saturated heterocycles. The number of hydrogen-bond acceptors (Lipinski definition) is 5. The maximum atomic E-state index is 11.9. The number of aliphatic carboxylic acids is 1. The summed E-state index contributed by atoms with van der Waals surface area (Å²) in [7, 11) is 0. The molecule has 0 aromatic heterocycles. The minimum Gasteiger partial charge on any atom is -0.477 e. The number of β-lactam (4-membered cyclic amide) rings is 1. The summed E-state index contributed by atoms with van der Waals surface area (Å²) in [5.41, 5.74) is 1.09. The molecule has 0 unspecified atom stereocenters. The first-order chi connectivity index (χ1) is 8.57. The summed E-state index contributed by atoms with van der Waals surface area (Å²) in [4.78, 5) is 29.3. The number of carbonyl (C=O) groups excluding carboxylic acids is 1. The molecule has 0 saturated carbocycles. The first kappa shape index (κ1) is 12.9. The Morgan fingerprint density at radius 2 is 2.39 bits per heavy atom. The molecule has 0 aromatic rings. The van der Waals surface area contributed by atoms with Gasteiger partial charge >= 0.3 is 5.97 Å². The third kappa shape index (κ3) is 1.98. The highest BCUT2D eigenvalue weighted by atomic mass is 32.2. The first-order valence-electron chi connectivity index (χ1n) is 5.66. The van der Waals surface area contributed by atoms with Crippen molar-refractivity contribution in [2.45, 2.75) is 25.6 Å². The number of hydrogen-bond donors (Lipinski definition) is 1. The molecule has 7 heteroatoms. The molecule has 1 N–H and O–H groups in total. The lowest BCUT2D eigenvalue weighted by atomic mass is 10.1. The van der Waals surface area contributed by atoms with E-state index >= 15 is 0 Å². The zero-order valence-corrected chi connectivity index (χ0v) is 11.0. The number of oxime groups is 1. The van der Waals surface area contributed by atoms with Crippen LogP contribution in [-0.4, -0.2) is 45.3 Å². The largest absolute Gasteiger partial charge is 0.477 e. The minimum atomic E-state index is -1.07. The lowest BCUT2D eigenvalue weighted by molar-refractivity contribution is -0.139. The second-order valence-electron chi connectivity index (χ2n) is 4.08. The summed E-state index contributed by atoms with van der Waals surface area (Å²) in [5.74, 6) is -0.859. The zero-order chi connectivity index (χ0) is 13.3. The lowest BCUT2D eigenvalue weighted by Crippen LogP contribution is -2.62. The molecule has 0 aromatic carbocycles. The van der Waals surface area contributed by atoms with Gasteiger partial charge in [0.25, 0.3) is 5.91 Å². The Bertz CT molecular complexity index is 458. The number of fused-ring (bicyclic) bond motifs is 1. The predicted octanol–water partition coefficient (Wildman–Crippen LogP) is 1.04. The molecule has 2 rings (SSSR count). The van der Waals surface area contributed by atoms with Crippen molar-refractivity contribution in [2.24, 2.45) is 5.16 Å². The molecule has 2 aliphatic rings. The maximum Gasteiger partial charge on any atom is 0.352 e. The Kier molecular flexibility index (Phi) is 3.60. The van der Waals surface area contributed by atoms with Crippen molar-refractivity contribution in [1.82, 2.24) is 4.90 Å². The van der Waals surface area contributed by atoms with Crippen LogP contribution in [0, 0.1) is 0 Å². The van der Waals surface area contributed by atoms with Crippen LogP contribution in [0.15, 0.2) is 16.4 Å². The number of carboxylic acids is 1. The number of rotatable bonds is 4. The third-order valence-electron chi connectivity index (χ3n) is 2.67. The van der Waals surface area contributed by atoms with Crippen molar-refractivity contribution in [2.75, 3.05) is 12.4 Å². The Balaban J connectivity index is 2.18. The first-order valence-corrected chi connectivity index (χ1v) is 6.70. The van der Waals surface area contributed by atoms with E-state index in [1.807, 2.05) is 6.92 Å². The fraction of sp³-hybridized carbons (Fsp3) is 0.545. The Morgan fingerprint density at radius 1 is 1.67 bits per heavy atom. The molecule has 0 aliphatic carbocycles.